The highest BCUT2D eigenvalue weighted by Gasteiger charge is 2.30. The fourth-order valence-corrected chi connectivity index (χ4v) is 2.09. The maximum Gasteiger partial charge on any atom is 0.416 e. The average Bonchev–Trinajstić information content (AvgIpc) is 2.44. The number of hydrogen-bond acceptors (Lipinski definition) is 1. The van der Waals surface area contributed by atoms with Gasteiger partial charge in [0.1, 0.15) is 5.82 Å². The molecule has 0 saturated heterocycles. The van der Waals surface area contributed by atoms with Crippen LogP contribution in [0.2, 0.25) is 5.02 Å². The molecule has 0 aromatic heterocycles. The molecule has 7 heteroatoms. The van der Waals surface area contributed by atoms with E-state index < -0.39 is 23.5 Å². The number of carbonyl (C=O) groups is 1. The Hall–Kier alpha value is -2.08. The van der Waals surface area contributed by atoms with E-state index in [0.29, 0.717) is 0 Å². The van der Waals surface area contributed by atoms with Gasteiger partial charge in [0.25, 0.3) is 5.91 Å². The zero-order valence-electron chi connectivity index (χ0n) is 11.0. The summed E-state index contributed by atoms with van der Waals surface area (Å²) in [5.41, 5.74) is -0.907. The van der Waals surface area contributed by atoms with Crippen LogP contribution in [0.4, 0.5) is 17.6 Å². The van der Waals surface area contributed by atoms with Gasteiger partial charge in [-0.3, -0.25) is 4.79 Å². The van der Waals surface area contributed by atoms with Crippen LogP contribution < -0.4 is 5.32 Å². The molecule has 0 radical (unpaired) electrons. The number of alkyl halides is 3. The molecule has 0 atom stereocenters. The summed E-state index contributed by atoms with van der Waals surface area (Å²) in [6, 6.07) is 8.29. The van der Waals surface area contributed by atoms with Crippen LogP contribution in [0.25, 0.3) is 0 Å². The van der Waals surface area contributed by atoms with Gasteiger partial charge in [-0.2, -0.15) is 13.2 Å². The quantitative estimate of drug-likeness (QED) is 0.828. The van der Waals surface area contributed by atoms with Gasteiger partial charge < -0.3 is 5.32 Å². The molecular weight excluding hydrogens is 322 g/mol. The molecule has 1 N–H and O–H groups in total. The Morgan fingerprint density at radius 3 is 2.45 bits per heavy atom. The van der Waals surface area contributed by atoms with Crippen molar-refractivity contribution in [2.24, 2.45) is 0 Å². The first-order valence-electron chi connectivity index (χ1n) is 6.17. The molecule has 0 aliphatic carbocycles. The maximum absolute atomic E-state index is 13.6. The van der Waals surface area contributed by atoms with Crippen LogP contribution in [-0.2, 0) is 12.7 Å². The van der Waals surface area contributed by atoms with E-state index in [0.717, 1.165) is 18.2 Å². The first-order valence-corrected chi connectivity index (χ1v) is 6.55. The van der Waals surface area contributed by atoms with E-state index >= 15 is 0 Å². The van der Waals surface area contributed by atoms with Crippen molar-refractivity contribution in [1.82, 2.24) is 5.32 Å². The molecule has 0 unspecified atom stereocenters. The lowest BCUT2D eigenvalue weighted by Crippen LogP contribution is -2.24. The van der Waals surface area contributed by atoms with Crippen LogP contribution in [0, 0.1) is 5.82 Å². The highest BCUT2D eigenvalue weighted by molar-refractivity contribution is 6.33. The number of hydrogen-bond donors (Lipinski definition) is 1. The summed E-state index contributed by atoms with van der Waals surface area (Å²) in [4.78, 5) is 11.9. The Labute approximate surface area is 128 Å². The summed E-state index contributed by atoms with van der Waals surface area (Å²) in [7, 11) is 0. The van der Waals surface area contributed by atoms with E-state index in [9.17, 15) is 22.4 Å². The molecule has 2 rings (SSSR count). The monoisotopic (exact) mass is 331 g/mol. The fraction of sp³-hybridized carbons (Fsp3) is 0.133. The second kappa shape index (κ2) is 6.36. The van der Waals surface area contributed by atoms with Crippen LogP contribution in [0.3, 0.4) is 0 Å². The van der Waals surface area contributed by atoms with Crippen molar-refractivity contribution in [3.63, 3.8) is 0 Å². The van der Waals surface area contributed by atoms with Crippen LogP contribution in [0.5, 0.6) is 0 Å². The number of nitrogens with one attached hydrogen (secondary N) is 1. The summed E-state index contributed by atoms with van der Waals surface area (Å²) in [6.45, 7) is -0.173. The van der Waals surface area contributed by atoms with Gasteiger partial charge in [0.15, 0.2) is 0 Å². The van der Waals surface area contributed by atoms with E-state index in [1.807, 2.05) is 0 Å². The summed E-state index contributed by atoms with van der Waals surface area (Å²) in [5.74, 6) is -1.59. The number of rotatable bonds is 3. The maximum atomic E-state index is 13.6. The summed E-state index contributed by atoms with van der Waals surface area (Å²) >= 11 is 5.74. The standard InChI is InChI=1S/C15H10ClF4NO/c16-11-5-2-6-12(17)13(11)14(22)21-8-9-3-1-4-10(7-9)15(18,19)20/h1-7H,8H2,(H,21,22). The van der Waals surface area contributed by atoms with Gasteiger partial charge in [-0.1, -0.05) is 29.8 Å². The highest BCUT2D eigenvalue weighted by Crippen LogP contribution is 2.29. The molecule has 22 heavy (non-hydrogen) atoms. The van der Waals surface area contributed by atoms with Gasteiger partial charge >= 0.3 is 6.18 Å². The van der Waals surface area contributed by atoms with Crippen molar-refractivity contribution in [2.45, 2.75) is 12.7 Å². The van der Waals surface area contributed by atoms with Gasteiger partial charge in [-0.05, 0) is 29.8 Å². The number of carbonyl (C=O) groups excluding carboxylic acids is 1. The molecule has 0 heterocycles. The van der Waals surface area contributed by atoms with Gasteiger partial charge in [0, 0.05) is 6.54 Å². The van der Waals surface area contributed by atoms with E-state index in [1.165, 1.54) is 24.3 Å². The lowest BCUT2D eigenvalue weighted by atomic mass is 10.1. The van der Waals surface area contributed by atoms with Gasteiger partial charge in [0.2, 0.25) is 0 Å². The van der Waals surface area contributed by atoms with Crippen LogP contribution in [0.15, 0.2) is 42.5 Å². The molecule has 2 aromatic carbocycles. The normalized spacial score (nSPS) is 11.3. The molecule has 2 aromatic rings. The van der Waals surface area contributed by atoms with Crippen molar-refractivity contribution < 1.29 is 22.4 Å². The SMILES string of the molecule is O=C(NCc1cccc(C(F)(F)F)c1)c1c(F)cccc1Cl. The van der Waals surface area contributed by atoms with Crippen LogP contribution in [0.1, 0.15) is 21.5 Å². The third-order valence-corrected chi connectivity index (χ3v) is 3.21. The second-order valence-electron chi connectivity index (χ2n) is 4.48. The van der Waals surface area contributed by atoms with E-state index in [4.69, 9.17) is 11.6 Å². The second-order valence-corrected chi connectivity index (χ2v) is 4.88. The molecule has 0 spiro atoms. The van der Waals surface area contributed by atoms with Gasteiger partial charge in [-0.15, -0.1) is 0 Å². The van der Waals surface area contributed by atoms with Crippen molar-refractivity contribution in [2.75, 3.05) is 0 Å². The van der Waals surface area contributed by atoms with E-state index in [-0.39, 0.29) is 22.7 Å². The number of benzene rings is 2. The Kier molecular flexibility index (Phi) is 4.71. The van der Waals surface area contributed by atoms with Crippen molar-refractivity contribution in [3.05, 3.63) is 70.0 Å². The smallest absolute Gasteiger partial charge is 0.348 e. The predicted molar refractivity (Wildman–Crippen MR) is 74.0 cm³/mol. The molecule has 1 amide bonds. The lowest BCUT2D eigenvalue weighted by Gasteiger charge is -2.10. The molecule has 2 nitrogen and oxygen atoms in total. The average molecular weight is 332 g/mol. The third-order valence-electron chi connectivity index (χ3n) is 2.90. The zero-order valence-corrected chi connectivity index (χ0v) is 11.8. The van der Waals surface area contributed by atoms with Crippen molar-refractivity contribution in [3.8, 4) is 0 Å². The zero-order chi connectivity index (χ0) is 16.3. The molecule has 0 fully saturated rings. The molecule has 0 aliphatic heterocycles. The third kappa shape index (κ3) is 3.76. The number of halogens is 5. The molecule has 0 bridgehead atoms. The largest absolute Gasteiger partial charge is 0.416 e. The minimum Gasteiger partial charge on any atom is -0.348 e. The predicted octanol–water partition coefficient (Wildman–Crippen LogP) is 4.43. The van der Waals surface area contributed by atoms with Crippen molar-refractivity contribution >= 4 is 17.5 Å². The van der Waals surface area contributed by atoms with E-state index in [2.05, 4.69) is 5.32 Å². The topological polar surface area (TPSA) is 29.1 Å². The van der Waals surface area contributed by atoms with Crippen LogP contribution in [-0.4, -0.2) is 5.91 Å². The molecule has 116 valence electrons. The van der Waals surface area contributed by atoms with Gasteiger partial charge in [0.05, 0.1) is 16.1 Å². The highest BCUT2D eigenvalue weighted by atomic mass is 35.5. The Balaban J connectivity index is 2.12. The van der Waals surface area contributed by atoms with Crippen LogP contribution >= 0.6 is 11.6 Å². The van der Waals surface area contributed by atoms with E-state index in [1.54, 1.807) is 0 Å². The first-order chi connectivity index (χ1) is 10.3. The number of amides is 1. The summed E-state index contributed by atoms with van der Waals surface area (Å²) < 4.78 is 51.3. The minimum atomic E-state index is -4.46. The minimum absolute atomic E-state index is 0.0680. The summed E-state index contributed by atoms with van der Waals surface area (Å²) in [5, 5.41) is 2.28. The Morgan fingerprint density at radius 2 is 1.82 bits per heavy atom. The molecule has 0 saturated carbocycles. The lowest BCUT2D eigenvalue weighted by molar-refractivity contribution is -0.137. The fourth-order valence-electron chi connectivity index (χ4n) is 1.84. The van der Waals surface area contributed by atoms with Gasteiger partial charge in [-0.25, -0.2) is 4.39 Å². The van der Waals surface area contributed by atoms with Crippen molar-refractivity contribution in [1.29, 1.82) is 0 Å². The Morgan fingerprint density at radius 1 is 1.14 bits per heavy atom. The Bertz CT molecular complexity index is 680. The molecular formula is C15H10ClF4NO. The first kappa shape index (κ1) is 16.3. The summed E-state index contributed by atoms with van der Waals surface area (Å²) in [6.07, 6.45) is -4.46. The molecule has 0 aliphatic rings.